The number of aromatic amines is 1. The first kappa shape index (κ1) is 42.9. The van der Waals surface area contributed by atoms with E-state index in [1.165, 1.54) is 40.3 Å². The van der Waals surface area contributed by atoms with Gasteiger partial charge in [-0.25, -0.2) is 9.59 Å². The molecule has 0 bridgehead atoms. The molecule has 3 fully saturated rings. The average molecular weight is 839 g/mol. The molecule has 3 aliphatic rings. The quantitative estimate of drug-likeness (QED) is 0.134. The average Bonchev–Trinajstić information content (AvgIpc) is 4.04. The Labute approximate surface area is 362 Å². The first-order valence-corrected chi connectivity index (χ1v) is 22.6. The number of H-pyrrole nitrogens is 1. The van der Waals surface area contributed by atoms with E-state index in [4.69, 9.17) is 4.74 Å². The third kappa shape index (κ3) is 9.82. The number of aryl methyl sites for hydroxylation is 2. The second-order valence-electron chi connectivity index (χ2n) is 17.8. The summed E-state index contributed by atoms with van der Waals surface area (Å²) in [5.41, 5.74) is 8.50. The lowest BCUT2D eigenvalue weighted by atomic mass is 10.1. The molecular formula is C50H62N8O4. The molecule has 8 aromatic rings. The standard InChI is InChI=1S/C23H26N4O.C14H19NO.C9H9N3O.C4H8O/c1-16(2)10-12-25-19(13-17-5-3-4-6-20(17)25)15-26-22-14-24-11-9-21(22)27(23(26)28)18-7-8-18;1-11(2)7-8-15-13(10-16)9-12-5-3-4-6-14(12)15;13-9-11-7-5-10-4-3-8(7)12(9)6-1-2-6;1-2-4-5-3-1/h3-6,9,11,13-14,16,18H,7-8,10,12,15H2,1-2H3;3-6,9,11,16H,7-8,10H2,1-2H3;3-6H,1-2H2,(H,11,13);1-4H2. The van der Waals surface area contributed by atoms with Crippen LogP contribution in [0, 0.1) is 11.8 Å². The van der Waals surface area contributed by atoms with E-state index in [1.54, 1.807) is 18.6 Å². The van der Waals surface area contributed by atoms with Gasteiger partial charge in [-0.15, -0.1) is 0 Å². The number of nitrogens with zero attached hydrogens (tertiary/aromatic N) is 7. The van der Waals surface area contributed by atoms with Crippen LogP contribution in [0.1, 0.15) is 103 Å². The molecule has 11 rings (SSSR count). The molecule has 326 valence electrons. The van der Waals surface area contributed by atoms with Crippen molar-refractivity contribution in [3.05, 3.63) is 130 Å². The molecule has 1 saturated heterocycles. The van der Waals surface area contributed by atoms with E-state index in [-0.39, 0.29) is 18.0 Å². The van der Waals surface area contributed by atoms with Gasteiger partial charge in [0.1, 0.15) is 0 Å². The fourth-order valence-corrected chi connectivity index (χ4v) is 8.41. The first-order chi connectivity index (χ1) is 30.2. The third-order valence-electron chi connectivity index (χ3n) is 12.1. The van der Waals surface area contributed by atoms with Gasteiger partial charge in [-0.05, 0) is 110 Å². The number of para-hydroxylation sites is 2. The number of aromatic nitrogens is 8. The van der Waals surface area contributed by atoms with Gasteiger partial charge < -0.3 is 24.0 Å². The molecule has 0 radical (unpaired) electrons. The number of aliphatic hydroxyl groups is 1. The van der Waals surface area contributed by atoms with Crippen LogP contribution < -0.4 is 11.4 Å². The maximum Gasteiger partial charge on any atom is 0.329 e. The predicted molar refractivity (Wildman–Crippen MR) is 249 cm³/mol. The summed E-state index contributed by atoms with van der Waals surface area (Å²) >= 11 is 0. The minimum atomic E-state index is -0.00880. The number of pyridine rings is 2. The van der Waals surface area contributed by atoms with E-state index >= 15 is 0 Å². The highest BCUT2D eigenvalue weighted by Crippen LogP contribution is 2.37. The fraction of sp³-hybridized carbons (Fsp3) is 0.440. The van der Waals surface area contributed by atoms with Crippen LogP contribution >= 0.6 is 0 Å². The normalized spacial score (nSPS) is 15.0. The smallest absolute Gasteiger partial charge is 0.329 e. The van der Waals surface area contributed by atoms with Crippen LogP contribution in [0.25, 0.3) is 43.9 Å². The van der Waals surface area contributed by atoms with Crippen molar-refractivity contribution in [3.8, 4) is 0 Å². The van der Waals surface area contributed by atoms with E-state index in [2.05, 4.69) is 106 Å². The van der Waals surface area contributed by atoms with E-state index in [0.717, 1.165) is 92.6 Å². The Morgan fingerprint density at radius 1 is 0.661 bits per heavy atom. The van der Waals surface area contributed by atoms with Crippen molar-refractivity contribution in [2.24, 2.45) is 11.8 Å². The van der Waals surface area contributed by atoms with Crippen LogP contribution in [0.4, 0.5) is 0 Å². The van der Waals surface area contributed by atoms with Crippen molar-refractivity contribution in [2.45, 2.75) is 117 Å². The van der Waals surface area contributed by atoms with Crippen molar-refractivity contribution in [1.29, 1.82) is 0 Å². The van der Waals surface area contributed by atoms with E-state index in [1.807, 2.05) is 38.1 Å². The minimum Gasteiger partial charge on any atom is -0.390 e. The zero-order chi connectivity index (χ0) is 43.2. The minimum absolute atomic E-state index is 0.00880. The summed E-state index contributed by atoms with van der Waals surface area (Å²) in [5.74, 6) is 1.32. The first-order valence-electron chi connectivity index (χ1n) is 22.6. The van der Waals surface area contributed by atoms with Crippen LogP contribution in [0.3, 0.4) is 0 Å². The Morgan fingerprint density at radius 2 is 1.21 bits per heavy atom. The van der Waals surface area contributed by atoms with Crippen molar-refractivity contribution in [2.75, 3.05) is 13.2 Å². The monoisotopic (exact) mass is 838 g/mol. The molecular weight excluding hydrogens is 777 g/mol. The van der Waals surface area contributed by atoms with Crippen LogP contribution in [0.5, 0.6) is 0 Å². The van der Waals surface area contributed by atoms with Gasteiger partial charge in [0, 0.05) is 73.2 Å². The Morgan fingerprint density at radius 3 is 1.77 bits per heavy atom. The van der Waals surface area contributed by atoms with Gasteiger partial charge in [-0.2, -0.15) is 0 Å². The summed E-state index contributed by atoms with van der Waals surface area (Å²) in [4.78, 5) is 35.8. The number of benzene rings is 2. The lowest BCUT2D eigenvalue weighted by molar-refractivity contribution is 0.198. The lowest BCUT2D eigenvalue weighted by Gasteiger charge is -2.13. The molecule has 2 aromatic carbocycles. The van der Waals surface area contributed by atoms with Crippen LogP contribution in [0.15, 0.2) is 107 Å². The number of nitrogens with one attached hydrogen (secondary N) is 1. The van der Waals surface area contributed by atoms with Gasteiger partial charge in [0.15, 0.2) is 0 Å². The molecule has 12 heteroatoms. The van der Waals surface area contributed by atoms with Crippen molar-refractivity contribution >= 4 is 43.9 Å². The Kier molecular flexibility index (Phi) is 13.5. The molecule has 12 nitrogen and oxygen atoms in total. The van der Waals surface area contributed by atoms with Crippen molar-refractivity contribution in [3.63, 3.8) is 0 Å². The predicted octanol–water partition coefficient (Wildman–Crippen LogP) is 9.62. The number of imidazole rings is 2. The van der Waals surface area contributed by atoms with Crippen LogP contribution in [-0.4, -0.2) is 56.1 Å². The molecule has 2 N–H and O–H groups in total. The topological polar surface area (TPSA) is 130 Å². The SMILES string of the molecule is C1CCOC1.CC(C)CCn1c(CO)cc2ccccc21.CC(C)CCn1c(Cn2c(=O)n(C3CC3)c3ccncc32)cc2ccccc21.O=c1[nH]c2cnccc2n1C1CC1. The van der Waals surface area contributed by atoms with Crippen LogP contribution in [0.2, 0.25) is 0 Å². The zero-order valence-electron chi connectivity index (χ0n) is 36.7. The third-order valence-corrected chi connectivity index (χ3v) is 12.1. The van der Waals surface area contributed by atoms with Gasteiger partial charge in [0.2, 0.25) is 0 Å². The summed E-state index contributed by atoms with van der Waals surface area (Å²) in [5, 5.41) is 11.8. The molecule has 0 spiro atoms. The van der Waals surface area contributed by atoms with Crippen LogP contribution in [-0.2, 0) is 31.0 Å². The number of aliphatic hydroxyl groups excluding tert-OH is 1. The highest BCUT2D eigenvalue weighted by Gasteiger charge is 2.29. The molecule has 2 aliphatic carbocycles. The molecule has 7 heterocycles. The highest BCUT2D eigenvalue weighted by atomic mass is 16.5. The summed E-state index contributed by atoms with van der Waals surface area (Å²) in [6.07, 6.45) is 16.3. The maximum atomic E-state index is 13.3. The van der Waals surface area contributed by atoms with Gasteiger partial charge in [-0.1, -0.05) is 64.1 Å². The van der Waals surface area contributed by atoms with Gasteiger partial charge in [-0.3, -0.25) is 23.7 Å². The van der Waals surface area contributed by atoms with Gasteiger partial charge in [0.05, 0.1) is 47.6 Å². The molecule has 62 heavy (non-hydrogen) atoms. The second kappa shape index (κ2) is 19.5. The Hall–Kier alpha value is -5.72. The highest BCUT2D eigenvalue weighted by molar-refractivity contribution is 5.82. The molecule has 2 saturated carbocycles. The number of hydrogen-bond donors (Lipinski definition) is 2. The molecule has 0 unspecified atom stereocenters. The number of hydrogen-bond acceptors (Lipinski definition) is 6. The van der Waals surface area contributed by atoms with E-state index in [9.17, 15) is 14.7 Å². The molecule has 0 amide bonds. The van der Waals surface area contributed by atoms with Crippen molar-refractivity contribution in [1.82, 2.24) is 37.8 Å². The van der Waals surface area contributed by atoms with Crippen molar-refractivity contribution < 1.29 is 9.84 Å². The summed E-state index contributed by atoms with van der Waals surface area (Å²) in [6.45, 7) is 13.6. The number of fused-ring (bicyclic) bond motifs is 4. The Bertz CT molecular complexity index is 2830. The Balaban J connectivity index is 0.000000131. The lowest BCUT2D eigenvalue weighted by Crippen LogP contribution is -2.25. The summed E-state index contributed by atoms with van der Waals surface area (Å²) in [6, 6.07) is 25.7. The summed E-state index contributed by atoms with van der Waals surface area (Å²) in [7, 11) is 0. The molecule has 6 aromatic heterocycles. The molecule has 1 aliphatic heterocycles. The maximum absolute atomic E-state index is 13.3. The largest absolute Gasteiger partial charge is 0.390 e. The van der Waals surface area contributed by atoms with Gasteiger partial charge >= 0.3 is 11.4 Å². The van der Waals surface area contributed by atoms with E-state index < -0.39 is 0 Å². The zero-order valence-corrected chi connectivity index (χ0v) is 36.7. The van der Waals surface area contributed by atoms with E-state index in [0.29, 0.717) is 30.5 Å². The fourth-order valence-electron chi connectivity index (χ4n) is 8.41. The molecule has 0 atom stereocenters. The van der Waals surface area contributed by atoms with Gasteiger partial charge in [0.25, 0.3) is 0 Å². The number of rotatable bonds is 11. The number of ether oxygens (including phenoxy) is 1. The summed E-state index contributed by atoms with van der Waals surface area (Å²) < 4.78 is 15.3. The second-order valence-corrected chi connectivity index (χ2v) is 17.8.